The van der Waals surface area contributed by atoms with Gasteiger partial charge in [0.2, 0.25) is 10.0 Å². The van der Waals surface area contributed by atoms with Crippen molar-refractivity contribution in [2.24, 2.45) is 10.2 Å². The molecule has 12 heteroatoms. The first-order valence-corrected chi connectivity index (χ1v) is 11.3. The van der Waals surface area contributed by atoms with Crippen molar-refractivity contribution in [3.8, 4) is 5.75 Å². The molecule has 1 heterocycles. The first-order valence-electron chi connectivity index (χ1n) is 9.78. The highest BCUT2D eigenvalue weighted by Crippen LogP contribution is 2.27. The van der Waals surface area contributed by atoms with Crippen LogP contribution >= 0.6 is 0 Å². The van der Waals surface area contributed by atoms with Gasteiger partial charge in [-0.1, -0.05) is 0 Å². The lowest BCUT2D eigenvalue weighted by molar-refractivity contribution is -0.384. The average molecular weight is 462 g/mol. The molecule has 0 aliphatic carbocycles. The van der Waals surface area contributed by atoms with Crippen molar-refractivity contribution in [3.63, 3.8) is 0 Å². The second-order valence-corrected chi connectivity index (χ2v) is 8.75. The molecule has 32 heavy (non-hydrogen) atoms. The molecular formula is C20H23N5O6S. The molecule has 1 amide bonds. The van der Waals surface area contributed by atoms with Crippen LogP contribution in [-0.2, 0) is 14.8 Å². The van der Waals surface area contributed by atoms with E-state index in [0.29, 0.717) is 11.5 Å². The summed E-state index contributed by atoms with van der Waals surface area (Å²) in [5, 5.41) is 20.4. The molecule has 1 fully saturated rings. The van der Waals surface area contributed by atoms with Crippen molar-refractivity contribution in [3.05, 3.63) is 58.1 Å². The maximum Gasteiger partial charge on any atom is 0.295 e. The highest BCUT2D eigenvalue weighted by molar-refractivity contribution is 7.89. The van der Waals surface area contributed by atoms with E-state index in [1.54, 1.807) is 36.1 Å². The Balaban J connectivity index is 1.66. The van der Waals surface area contributed by atoms with Gasteiger partial charge < -0.3 is 9.64 Å². The van der Waals surface area contributed by atoms with Crippen molar-refractivity contribution in [1.29, 1.82) is 0 Å². The molecule has 0 unspecified atom stereocenters. The minimum absolute atomic E-state index is 0.0159. The number of benzene rings is 2. The largest absolute Gasteiger partial charge is 0.484 e. The van der Waals surface area contributed by atoms with Crippen LogP contribution in [0.4, 0.5) is 11.4 Å². The van der Waals surface area contributed by atoms with Gasteiger partial charge in [-0.05, 0) is 61.7 Å². The third kappa shape index (κ3) is 5.80. The molecule has 0 atom stereocenters. The fourth-order valence-electron chi connectivity index (χ4n) is 3.14. The molecule has 1 saturated heterocycles. The quantitative estimate of drug-likeness (QED) is 0.346. The highest BCUT2D eigenvalue weighted by atomic mass is 32.2. The maximum absolute atomic E-state index is 12.1. The summed E-state index contributed by atoms with van der Waals surface area (Å²) >= 11 is 0. The van der Waals surface area contributed by atoms with E-state index in [0.717, 1.165) is 43.6 Å². The molecule has 0 aromatic heterocycles. The zero-order chi connectivity index (χ0) is 23.3. The molecule has 1 aliphatic heterocycles. The third-order valence-electron chi connectivity index (χ3n) is 4.93. The number of nitrogens with two attached hydrogens (primary N) is 1. The summed E-state index contributed by atoms with van der Waals surface area (Å²) in [6.07, 6.45) is 2.04. The summed E-state index contributed by atoms with van der Waals surface area (Å²) in [6, 6.07) is 10.2. The second-order valence-electron chi connectivity index (χ2n) is 7.19. The normalized spacial score (nSPS) is 14.3. The molecule has 0 radical (unpaired) electrons. The Hall–Kier alpha value is -3.51. The maximum atomic E-state index is 12.1. The van der Waals surface area contributed by atoms with Gasteiger partial charge in [0.05, 0.1) is 15.5 Å². The van der Waals surface area contributed by atoms with Crippen LogP contribution in [0.25, 0.3) is 0 Å². The number of amides is 1. The van der Waals surface area contributed by atoms with Crippen molar-refractivity contribution >= 4 is 33.0 Å². The Morgan fingerprint density at radius 1 is 1.22 bits per heavy atom. The van der Waals surface area contributed by atoms with E-state index in [1.807, 2.05) is 0 Å². The van der Waals surface area contributed by atoms with Crippen LogP contribution in [0, 0.1) is 10.1 Å². The smallest absolute Gasteiger partial charge is 0.295 e. The number of hydrogen-bond acceptors (Lipinski definition) is 8. The summed E-state index contributed by atoms with van der Waals surface area (Å²) in [7, 11) is -4.07. The van der Waals surface area contributed by atoms with Gasteiger partial charge in [0.1, 0.15) is 11.4 Å². The van der Waals surface area contributed by atoms with Gasteiger partial charge >= 0.3 is 0 Å². The van der Waals surface area contributed by atoms with Gasteiger partial charge in [0.15, 0.2) is 6.61 Å². The van der Waals surface area contributed by atoms with Crippen molar-refractivity contribution in [2.75, 3.05) is 25.1 Å². The monoisotopic (exact) mass is 461 g/mol. The van der Waals surface area contributed by atoms with Crippen LogP contribution in [0.5, 0.6) is 5.75 Å². The Kier molecular flexibility index (Phi) is 7.05. The summed E-state index contributed by atoms with van der Waals surface area (Å²) in [5.74, 6) is 0.500. The van der Waals surface area contributed by atoms with Gasteiger partial charge in [0, 0.05) is 19.2 Å². The van der Waals surface area contributed by atoms with Crippen LogP contribution in [0.15, 0.2) is 52.5 Å². The standard InChI is InChI=1S/C20H23N5O6S/c1-14(22-23-18-9-8-17(32(21,29)30)12-19(18)25(27)28)15-4-6-16(7-5-15)31-13-20(26)24-10-2-3-11-24/h4-9,12,23H,2-3,10-11,13H2,1H3,(H2,21,29,30)/b22-14-. The third-order valence-corrected chi connectivity index (χ3v) is 5.84. The van der Waals surface area contributed by atoms with Crippen LogP contribution in [0.1, 0.15) is 25.3 Å². The highest BCUT2D eigenvalue weighted by Gasteiger charge is 2.19. The lowest BCUT2D eigenvalue weighted by Crippen LogP contribution is -2.32. The molecule has 3 N–H and O–H groups in total. The number of nitrogens with zero attached hydrogens (tertiary/aromatic N) is 3. The Labute approximate surface area is 185 Å². The van der Waals surface area contributed by atoms with E-state index in [1.165, 1.54) is 6.07 Å². The number of anilines is 1. The van der Waals surface area contributed by atoms with E-state index < -0.39 is 20.6 Å². The zero-order valence-corrected chi connectivity index (χ0v) is 18.2. The first-order chi connectivity index (χ1) is 15.1. The Morgan fingerprint density at radius 3 is 2.47 bits per heavy atom. The van der Waals surface area contributed by atoms with Gasteiger partial charge in [-0.25, -0.2) is 13.6 Å². The fourth-order valence-corrected chi connectivity index (χ4v) is 3.67. The number of rotatable bonds is 8. The van der Waals surface area contributed by atoms with E-state index in [2.05, 4.69) is 10.5 Å². The lowest BCUT2D eigenvalue weighted by Gasteiger charge is -2.15. The Bertz CT molecular complexity index is 1140. The molecule has 11 nitrogen and oxygen atoms in total. The molecule has 0 bridgehead atoms. The summed E-state index contributed by atoms with van der Waals surface area (Å²) < 4.78 is 28.4. The van der Waals surface area contributed by atoms with Gasteiger partial charge in [-0.15, -0.1) is 0 Å². The number of carbonyl (C=O) groups excluding carboxylic acids is 1. The minimum atomic E-state index is -4.07. The van der Waals surface area contributed by atoms with Crippen LogP contribution in [0.3, 0.4) is 0 Å². The van der Waals surface area contributed by atoms with E-state index >= 15 is 0 Å². The number of hydrazone groups is 1. The van der Waals surface area contributed by atoms with E-state index in [-0.39, 0.29) is 23.1 Å². The number of carbonyl (C=O) groups is 1. The summed E-state index contributed by atoms with van der Waals surface area (Å²) in [4.78, 5) is 24.0. The fraction of sp³-hybridized carbons (Fsp3) is 0.300. The van der Waals surface area contributed by atoms with E-state index in [9.17, 15) is 23.3 Å². The predicted octanol–water partition coefficient (Wildman–Crippen LogP) is 2.08. The predicted molar refractivity (Wildman–Crippen MR) is 118 cm³/mol. The number of nitro groups is 1. The molecule has 1 aliphatic rings. The van der Waals surface area contributed by atoms with Gasteiger partial charge in [0.25, 0.3) is 11.6 Å². The van der Waals surface area contributed by atoms with E-state index in [4.69, 9.17) is 9.88 Å². The molecule has 170 valence electrons. The molecule has 2 aromatic rings. The average Bonchev–Trinajstić information content (AvgIpc) is 3.30. The number of primary sulfonamides is 1. The molecule has 2 aromatic carbocycles. The molecule has 3 rings (SSSR count). The number of hydrogen-bond donors (Lipinski definition) is 2. The SMILES string of the molecule is C/C(=N/Nc1ccc(S(N)(=O)=O)cc1[N+](=O)[O-])c1ccc(OCC(=O)N2CCCC2)cc1. The zero-order valence-electron chi connectivity index (χ0n) is 17.4. The van der Waals surface area contributed by atoms with Crippen LogP contribution in [0.2, 0.25) is 0 Å². The molecule has 0 spiro atoms. The van der Waals surface area contributed by atoms with Crippen LogP contribution < -0.4 is 15.3 Å². The van der Waals surface area contributed by atoms with Crippen molar-refractivity contribution < 1.29 is 22.9 Å². The van der Waals surface area contributed by atoms with Crippen LogP contribution in [-0.4, -0.2) is 49.6 Å². The number of nitrogens with one attached hydrogen (secondary N) is 1. The van der Waals surface area contributed by atoms with Gasteiger partial charge in [-0.3, -0.25) is 20.3 Å². The number of sulfonamides is 1. The molecule has 0 saturated carbocycles. The second kappa shape index (κ2) is 9.75. The number of likely N-dealkylation sites (tertiary alicyclic amines) is 1. The summed E-state index contributed by atoms with van der Waals surface area (Å²) in [5.41, 5.74) is 3.37. The lowest BCUT2D eigenvalue weighted by atomic mass is 10.1. The van der Waals surface area contributed by atoms with Crippen molar-refractivity contribution in [1.82, 2.24) is 4.90 Å². The minimum Gasteiger partial charge on any atom is -0.484 e. The summed E-state index contributed by atoms with van der Waals surface area (Å²) in [6.45, 7) is 3.22. The Morgan fingerprint density at radius 2 is 1.88 bits per heavy atom. The topological polar surface area (TPSA) is 157 Å². The number of ether oxygens (including phenoxy) is 1. The first kappa shape index (κ1) is 23.2. The molecular weight excluding hydrogens is 438 g/mol. The van der Waals surface area contributed by atoms with Gasteiger partial charge in [-0.2, -0.15) is 5.10 Å². The van der Waals surface area contributed by atoms with Crippen molar-refractivity contribution in [2.45, 2.75) is 24.7 Å². The number of nitro benzene ring substituents is 1.